The van der Waals surface area contributed by atoms with Gasteiger partial charge in [0.15, 0.2) is 0 Å². The average molecular weight is 277 g/mol. The van der Waals surface area contributed by atoms with Crippen LogP contribution < -0.4 is 5.32 Å². The largest absolute Gasteiger partial charge is 0.508 e. The first-order chi connectivity index (χ1) is 9.38. The van der Waals surface area contributed by atoms with Crippen LogP contribution in [0.15, 0.2) is 30.3 Å². The highest BCUT2D eigenvalue weighted by atomic mass is 19.1. The number of benzene rings is 2. The van der Waals surface area contributed by atoms with Crippen molar-refractivity contribution in [2.75, 3.05) is 5.32 Å². The van der Waals surface area contributed by atoms with Gasteiger partial charge in [0.25, 0.3) is 0 Å². The van der Waals surface area contributed by atoms with Crippen molar-refractivity contribution in [2.45, 2.75) is 26.8 Å². The molecule has 1 unspecified atom stereocenters. The van der Waals surface area contributed by atoms with Crippen molar-refractivity contribution in [1.29, 1.82) is 0 Å². The summed E-state index contributed by atoms with van der Waals surface area (Å²) in [6.45, 7) is 5.07. The molecule has 0 heterocycles. The van der Waals surface area contributed by atoms with Crippen LogP contribution in [-0.4, -0.2) is 5.11 Å². The number of phenols is 1. The second-order valence-corrected chi connectivity index (χ2v) is 4.99. The number of hydrogen-bond acceptors (Lipinski definition) is 2. The molecule has 0 radical (unpaired) electrons. The maximum absolute atomic E-state index is 13.9. The van der Waals surface area contributed by atoms with Crippen LogP contribution in [0.25, 0.3) is 0 Å². The first kappa shape index (κ1) is 14.3. The molecule has 0 saturated carbocycles. The van der Waals surface area contributed by atoms with Crippen molar-refractivity contribution in [3.05, 3.63) is 58.7 Å². The number of anilines is 1. The summed E-state index contributed by atoms with van der Waals surface area (Å²) in [6.07, 6.45) is 0. The molecule has 0 spiro atoms. The fourth-order valence-corrected chi connectivity index (χ4v) is 2.07. The number of hydrogen-bond donors (Lipinski definition) is 2. The third-order valence-corrected chi connectivity index (χ3v) is 3.32. The molecular weight excluding hydrogens is 260 g/mol. The number of rotatable bonds is 3. The molecule has 2 N–H and O–H groups in total. The van der Waals surface area contributed by atoms with Gasteiger partial charge in [0.05, 0.1) is 6.04 Å². The van der Waals surface area contributed by atoms with E-state index in [0.717, 1.165) is 11.3 Å². The van der Waals surface area contributed by atoms with Crippen molar-refractivity contribution in [3.8, 4) is 5.75 Å². The highest BCUT2D eigenvalue weighted by Crippen LogP contribution is 2.26. The molecule has 2 aromatic carbocycles. The Labute approximate surface area is 117 Å². The molecule has 0 saturated heterocycles. The van der Waals surface area contributed by atoms with Gasteiger partial charge in [-0.05, 0) is 62.2 Å². The Hall–Kier alpha value is -2.10. The average Bonchev–Trinajstić information content (AvgIpc) is 2.38. The summed E-state index contributed by atoms with van der Waals surface area (Å²) in [5.41, 5.74) is 2.03. The second-order valence-electron chi connectivity index (χ2n) is 4.99. The zero-order valence-corrected chi connectivity index (χ0v) is 11.7. The van der Waals surface area contributed by atoms with Gasteiger partial charge in [0.1, 0.15) is 17.4 Å². The zero-order chi connectivity index (χ0) is 14.9. The van der Waals surface area contributed by atoms with Crippen molar-refractivity contribution in [3.63, 3.8) is 0 Å². The molecule has 106 valence electrons. The van der Waals surface area contributed by atoms with Gasteiger partial charge >= 0.3 is 0 Å². The lowest BCUT2D eigenvalue weighted by molar-refractivity contribution is 0.471. The van der Waals surface area contributed by atoms with E-state index in [1.165, 1.54) is 19.1 Å². The van der Waals surface area contributed by atoms with Gasteiger partial charge < -0.3 is 10.4 Å². The maximum Gasteiger partial charge on any atom is 0.128 e. The molecule has 0 fully saturated rings. The fraction of sp³-hybridized carbons (Fsp3) is 0.250. The number of halogens is 2. The Morgan fingerprint density at radius 2 is 1.70 bits per heavy atom. The van der Waals surface area contributed by atoms with Crippen molar-refractivity contribution < 1.29 is 13.9 Å². The number of aromatic hydroxyl groups is 1. The van der Waals surface area contributed by atoms with E-state index in [0.29, 0.717) is 5.56 Å². The lowest BCUT2D eigenvalue weighted by Gasteiger charge is -2.17. The van der Waals surface area contributed by atoms with Crippen molar-refractivity contribution >= 4 is 5.69 Å². The van der Waals surface area contributed by atoms with Crippen LogP contribution in [0, 0.1) is 25.5 Å². The van der Waals surface area contributed by atoms with Crippen molar-refractivity contribution in [2.24, 2.45) is 0 Å². The molecule has 0 aromatic heterocycles. The van der Waals surface area contributed by atoms with Gasteiger partial charge in [0.2, 0.25) is 0 Å². The van der Waals surface area contributed by atoms with Crippen LogP contribution in [0.1, 0.15) is 29.7 Å². The number of phenolic OH excluding ortho intramolecular Hbond substituents is 1. The van der Waals surface area contributed by atoms with Crippen LogP contribution in [-0.2, 0) is 0 Å². The van der Waals surface area contributed by atoms with Crippen LogP contribution >= 0.6 is 0 Å². The Balaban J connectivity index is 2.25. The summed E-state index contributed by atoms with van der Waals surface area (Å²) in [5, 5.41) is 12.6. The van der Waals surface area contributed by atoms with Gasteiger partial charge in [-0.3, -0.25) is 0 Å². The molecule has 1 atom stereocenters. The standard InChI is InChI=1S/C16H17F2NO/c1-9-7-15(18)13(8-14(9)17)11(3)19-12-4-5-16(20)10(2)6-12/h4-8,11,19-20H,1-3H3. The van der Waals surface area contributed by atoms with E-state index in [-0.39, 0.29) is 17.4 Å². The summed E-state index contributed by atoms with van der Waals surface area (Å²) in [4.78, 5) is 0. The molecule has 0 aliphatic heterocycles. The van der Waals surface area contributed by atoms with E-state index < -0.39 is 11.6 Å². The van der Waals surface area contributed by atoms with Gasteiger partial charge in [0, 0.05) is 11.3 Å². The molecule has 2 aromatic rings. The normalized spacial score (nSPS) is 12.2. The van der Waals surface area contributed by atoms with E-state index in [1.807, 2.05) is 0 Å². The van der Waals surface area contributed by atoms with Gasteiger partial charge in [-0.25, -0.2) is 8.78 Å². The van der Waals surface area contributed by atoms with Gasteiger partial charge in [-0.1, -0.05) is 0 Å². The number of nitrogens with one attached hydrogen (secondary N) is 1. The molecule has 4 heteroatoms. The Kier molecular flexibility index (Phi) is 3.93. The molecule has 0 aliphatic carbocycles. The first-order valence-electron chi connectivity index (χ1n) is 6.40. The smallest absolute Gasteiger partial charge is 0.128 e. The Morgan fingerprint density at radius 3 is 2.35 bits per heavy atom. The zero-order valence-electron chi connectivity index (χ0n) is 11.7. The lowest BCUT2D eigenvalue weighted by atomic mass is 10.0. The molecular formula is C16H17F2NO. The SMILES string of the molecule is Cc1cc(NC(C)c2cc(F)c(C)cc2F)ccc1O. The molecule has 2 nitrogen and oxygen atoms in total. The number of aryl methyl sites for hydroxylation is 2. The van der Waals surface area contributed by atoms with Crippen LogP contribution in [0.5, 0.6) is 5.75 Å². The monoisotopic (exact) mass is 277 g/mol. The lowest BCUT2D eigenvalue weighted by Crippen LogP contribution is -2.09. The fourth-order valence-electron chi connectivity index (χ4n) is 2.07. The predicted octanol–water partition coefficient (Wildman–Crippen LogP) is 4.46. The minimum absolute atomic E-state index is 0.204. The summed E-state index contributed by atoms with van der Waals surface area (Å²) in [5.74, 6) is -0.646. The molecule has 20 heavy (non-hydrogen) atoms. The first-order valence-corrected chi connectivity index (χ1v) is 6.40. The van der Waals surface area contributed by atoms with E-state index >= 15 is 0 Å². The third kappa shape index (κ3) is 2.90. The minimum atomic E-state index is -0.431. The van der Waals surface area contributed by atoms with Crippen LogP contribution in [0.2, 0.25) is 0 Å². The maximum atomic E-state index is 13.9. The quantitative estimate of drug-likeness (QED) is 0.812. The highest BCUT2D eigenvalue weighted by molar-refractivity contribution is 5.51. The molecule has 0 amide bonds. The van der Waals surface area contributed by atoms with Crippen LogP contribution in [0.4, 0.5) is 14.5 Å². The Bertz CT molecular complexity index is 641. The predicted molar refractivity (Wildman–Crippen MR) is 76.0 cm³/mol. The summed E-state index contributed by atoms with van der Waals surface area (Å²) in [7, 11) is 0. The Morgan fingerprint density at radius 1 is 1.00 bits per heavy atom. The minimum Gasteiger partial charge on any atom is -0.508 e. The van der Waals surface area contributed by atoms with E-state index in [9.17, 15) is 13.9 Å². The summed E-state index contributed by atoms with van der Waals surface area (Å²) in [6, 6.07) is 7.06. The van der Waals surface area contributed by atoms with Crippen molar-refractivity contribution in [1.82, 2.24) is 0 Å². The van der Waals surface area contributed by atoms with E-state index in [4.69, 9.17) is 0 Å². The molecule has 2 rings (SSSR count). The summed E-state index contributed by atoms with van der Waals surface area (Å²) < 4.78 is 27.4. The van der Waals surface area contributed by atoms with Gasteiger partial charge in [-0.15, -0.1) is 0 Å². The summed E-state index contributed by atoms with van der Waals surface area (Å²) >= 11 is 0. The van der Waals surface area contributed by atoms with Gasteiger partial charge in [-0.2, -0.15) is 0 Å². The molecule has 0 bridgehead atoms. The topological polar surface area (TPSA) is 32.3 Å². The van der Waals surface area contributed by atoms with E-state index in [1.54, 1.807) is 32.0 Å². The highest BCUT2D eigenvalue weighted by Gasteiger charge is 2.14. The van der Waals surface area contributed by atoms with E-state index in [2.05, 4.69) is 5.32 Å². The second kappa shape index (κ2) is 5.49. The third-order valence-electron chi connectivity index (χ3n) is 3.32. The molecule has 0 aliphatic rings. The van der Waals surface area contributed by atoms with Crippen LogP contribution in [0.3, 0.4) is 0 Å².